The number of amides is 1. The van der Waals surface area contributed by atoms with Gasteiger partial charge in [0.05, 0.1) is 10.6 Å². The lowest BCUT2D eigenvalue weighted by Crippen LogP contribution is -2.13. The predicted octanol–water partition coefficient (Wildman–Crippen LogP) is 1.29. The number of nitrogens with one attached hydrogen (secondary N) is 2. The first kappa shape index (κ1) is 10.4. The Kier molecular flexibility index (Phi) is 2.74. The SMILES string of the molecule is Nc1ccc(Cl)c(C(=O)Nc2ncn[nH]2)c1. The number of hydrogen-bond donors (Lipinski definition) is 3. The van der Waals surface area contributed by atoms with Crippen LogP contribution in [-0.4, -0.2) is 21.1 Å². The molecule has 82 valence electrons. The lowest BCUT2D eigenvalue weighted by Gasteiger charge is -2.04. The molecule has 2 aromatic rings. The third kappa shape index (κ3) is 2.12. The van der Waals surface area contributed by atoms with Crippen LogP contribution in [0.15, 0.2) is 24.5 Å². The minimum absolute atomic E-state index is 0.253. The third-order valence-electron chi connectivity index (χ3n) is 1.88. The molecule has 0 saturated heterocycles. The van der Waals surface area contributed by atoms with Gasteiger partial charge in [0.25, 0.3) is 5.91 Å². The van der Waals surface area contributed by atoms with E-state index in [2.05, 4.69) is 20.5 Å². The molecule has 0 atom stereocenters. The van der Waals surface area contributed by atoms with Crippen molar-refractivity contribution >= 4 is 29.1 Å². The van der Waals surface area contributed by atoms with Crippen molar-refractivity contribution in [3.63, 3.8) is 0 Å². The molecule has 6 nitrogen and oxygen atoms in total. The van der Waals surface area contributed by atoms with Gasteiger partial charge < -0.3 is 5.73 Å². The Bertz CT molecular complexity index is 511. The summed E-state index contributed by atoms with van der Waals surface area (Å²) in [4.78, 5) is 15.5. The lowest BCUT2D eigenvalue weighted by molar-refractivity contribution is 0.102. The van der Waals surface area contributed by atoms with Gasteiger partial charge in [-0.1, -0.05) is 11.6 Å². The van der Waals surface area contributed by atoms with Crippen LogP contribution in [-0.2, 0) is 0 Å². The fourth-order valence-electron chi connectivity index (χ4n) is 1.16. The van der Waals surface area contributed by atoms with Gasteiger partial charge in [-0.25, -0.2) is 5.10 Å². The zero-order valence-electron chi connectivity index (χ0n) is 8.07. The summed E-state index contributed by atoms with van der Waals surface area (Å²) in [5, 5.41) is 8.93. The molecule has 0 spiro atoms. The first-order chi connectivity index (χ1) is 7.66. The zero-order valence-corrected chi connectivity index (χ0v) is 8.82. The number of nitrogens with two attached hydrogens (primary N) is 1. The standard InChI is InChI=1S/C9H8ClN5O/c10-7-2-1-5(11)3-6(7)8(16)14-9-12-4-13-15-9/h1-4H,11H2,(H2,12,13,14,15,16). The van der Waals surface area contributed by atoms with Crippen molar-refractivity contribution in [1.82, 2.24) is 15.2 Å². The fourth-order valence-corrected chi connectivity index (χ4v) is 1.36. The number of nitrogen functional groups attached to an aromatic ring is 1. The van der Waals surface area contributed by atoms with Crippen molar-refractivity contribution < 1.29 is 4.79 Å². The second kappa shape index (κ2) is 4.19. The summed E-state index contributed by atoms with van der Waals surface area (Å²) in [5.74, 6) is -0.141. The molecule has 7 heteroatoms. The number of rotatable bonds is 2. The van der Waals surface area contributed by atoms with E-state index in [9.17, 15) is 4.79 Å². The van der Waals surface area contributed by atoms with Crippen LogP contribution in [0.3, 0.4) is 0 Å². The molecule has 4 N–H and O–H groups in total. The first-order valence-electron chi connectivity index (χ1n) is 4.38. The number of halogens is 1. The van der Waals surface area contributed by atoms with Crippen molar-refractivity contribution in [3.8, 4) is 0 Å². The monoisotopic (exact) mass is 237 g/mol. The van der Waals surface area contributed by atoms with Crippen LogP contribution in [0.4, 0.5) is 11.6 Å². The molecule has 1 aromatic carbocycles. The lowest BCUT2D eigenvalue weighted by atomic mass is 10.2. The molecule has 0 unspecified atom stereocenters. The van der Waals surface area contributed by atoms with Gasteiger partial charge in [-0.15, -0.1) is 0 Å². The summed E-state index contributed by atoms with van der Waals surface area (Å²) in [5.41, 5.74) is 6.32. The highest BCUT2D eigenvalue weighted by atomic mass is 35.5. The van der Waals surface area contributed by atoms with Gasteiger partial charge in [-0.05, 0) is 18.2 Å². The van der Waals surface area contributed by atoms with E-state index < -0.39 is 5.91 Å². The number of aromatic nitrogens is 3. The van der Waals surface area contributed by atoms with Crippen LogP contribution in [0.5, 0.6) is 0 Å². The van der Waals surface area contributed by atoms with Crippen LogP contribution in [0, 0.1) is 0 Å². The molecule has 0 aliphatic carbocycles. The molecule has 0 saturated carbocycles. The highest BCUT2D eigenvalue weighted by Gasteiger charge is 2.11. The van der Waals surface area contributed by atoms with Crippen molar-refractivity contribution in [3.05, 3.63) is 35.1 Å². The van der Waals surface area contributed by atoms with Gasteiger partial charge in [-0.2, -0.15) is 10.1 Å². The number of anilines is 2. The average molecular weight is 238 g/mol. The maximum Gasteiger partial charge on any atom is 0.259 e. The van der Waals surface area contributed by atoms with Crippen molar-refractivity contribution in [2.24, 2.45) is 0 Å². The number of benzene rings is 1. The van der Waals surface area contributed by atoms with E-state index in [0.29, 0.717) is 10.7 Å². The molecule has 0 bridgehead atoms. The topological polar surface area (TPSA) is 96.7 Å². The molecule has 16 heavy (non-hydrogen) atoms. The molecule has 1 amide bonds. The quantitative estimate of drug-likeness (QED) is 0.686. The van der Waals surface area contributed by atoms with Gasteiger partial charge in [0.2, 0.25) is 5.95 Å². The first-order valence-corrected chi connectivity index (χ1v) is 4.76. The van der Waals surface area contributed by atoms with Crippen LogP contribution >= 0.6 is 11.6 Å². The molecule has 1 heterocycles. The Morgan fingerprint density at radius 2 is 2.31 bits per heavy atom. The molecule has 1 aromatic heterocycles. The molecular formula is C9H8ClN5O. The van der Waals surface area contributed by atoms with Gasteiger partial charge in [0.15, 0.2) is 0 Å². The summed E-state index contributed by atoms with van der Waals surface area (Å²) < 4.78 is 0. The number of aromatic amines is 1. The third-order valence-corrected chi connectivity index (χ3v) is 2.21. The van der Waals surface area contributed by atoms with Crippen molar-refractivity contribution in [1.29, 1.82) is 0 Å². The minimum Gasteiger partial charge on any atom is -0.399 e. The van der Waals surface area contributed by atoms with E-state index in [-0.39, 0.29) is 11.5 Å². The largest absolute Gasteiger partial charge is 0.399 e. The Morgan fingerprint density at radius 3 is 3.00 bits per heavy atom. The average Bonchev–Trinajstić information content (AvgIpc) is 2.74. The van der Waals surface area contributed by atoms with E-state index in [4.69, 9.17) is 17.3 Å². The number of H-pyrrole nitrogens is 1. The number of hydrogen-bond acceptors (Lipinski definition) is 4. The Hall–Kier alpha value is -2.08. The minimum atomic E-state index is -0.394. The molecule has 2 rings (SSSR count). The Morgan fingerprint density at radius 1 is 1.50 bits per heavy atom. The van der Waals surface area contributed by atoms with Crippen LogP contribution in [0.1, 0.15) is 10.4 Å². The summed E-state index contributed by atoms with van der Waals surface area (Å²) in [6, 6.07) is 4.67. The van der Waals surface area contributed by atoms with Crippen LogP contribution in [0.2, 0.25) is 5.02 Å². The number of carbonyl (C=O) groups is 1. The smallest absolute Gasteiger partial charge is 0.259 e. The van der Waals surface area contributed by atoms with E-state index in [1.165, 1.54) is 12.4 Å². The molecule has 0 fully saturated rings. The number of nitrogens with zero attached hydrogens (tertiary/aromatic N) is 2. The summed E-state index contributed by atoms with van der Waals surface area (Å²) in [6.45, 7) is 0. The molecule has 0 radical (unpaired) electrons. The van der Waals surface area contributed by atoms with E-state index in [0.717, 1.165) is 0 Å². The van der Waals surface area contributed by atoms with E-state index in [1.54, 1.807) is 12.1 Å². The van der Waals surface area contributed by atoms with E-state index >= 15 is 0 Å². The van der Waals surface area contributed by atoms with Crippen LogP contribution < -0.4 is 11.1 Å². The Labute approximate surface area is 95.8 Å². The highest BCUT2D eigenvalue weighted by Crippen LogP contribution is 2.19. The van der Waals surface area contributed by atoms with Gasteiger partial charge >= 0.3 is 0 Å². The summed E-state index contributed by atoms with van der Waals surface area (Å²) >= 11 is 5.87. The zero-order chi connectivity index (χ0) is 11.5. The molecular weight excluding hydrogens is 230 g/mol. The second-order valence-corrected chi connectivity index (χ2v) is 3.43. The van der Waals surface area contributed by atoms with Gasteiger partial charge in [-0.3, -0.25) is 10.1 Å². The van der Waals surface area contributed by atoms with Gasteiger partial charge in [0, 0.05) is 5.69 Å². The maximum atomic E-state index is 11.7. The maximum absolute atomic E-state index is 11.7. The molecule has 0 aliphatic rings. The second-order valence-electron chi connectivity index (χ2n) is 3.03. The number of carbonyl (C=O) groups excluding carboxylic acids is 1. The van der Waals surface area contributed by atoms with Crippen molar-refractivity contribution in [2.45, 2.75) is 0 Å². The van der Waals surface area contributed by atoms with E-state index in [1.807, 2.05) is 0 Å². The summed E-state index contributed by atoms with van der Waals surface area (Å²) in [6.07, 6.45) is 1.29. The van der Waals surface area contributed by atoms with Crippen molar-refractivity contribution in [2.75, 3.05) is 11.1 Å². The van der Waals surface area contributed by atoms with Crippen LogP contribution in [0.25, 0.3) is 0 Å². The molecule has 0 aliphatic heterocycles. The fraction of sp³-hybridized carbons (Fsp3) is 0. The normalized spacial score (nSPS) is 10.1. The summed E-state index contributed by atoms with van der Waals surface area (Å²) in [7, 11) is 0. The van der Waals surface area contributed by atoms with Gasteiger partial charge in [0.1, 0.15) is 6.33 Å². The predicted molar refractivity (Wildman–Crippen MR) is 60.2 cm³/mol. The Balaban J connectivity index is 2.24. The highest BCUT2D eigenvalue weighted by molar-refractivity contribution is 6.34.